The van der Waals surface area contributed by atoms with Crippen molar-refractivity contribution in [3.05, 3.63) is 0 Å². The fraction of sp³-hybridized carbons (Fsp3) is 1.00. The summed E-state index contributed by atoms with van der Waals surface area (Å²) in [5, 5.41) is 0. The van der Waals surface area contributed by atoms with Gasteiger partial charge in [-0.05, 0) is 65.0 Å². The third kappa shape index (κ3) is 20.9. The largest absolute Gasteiger partial charge is 0.381 e. The number of nitrogens with zero attached hydrogens (tertiary/aromatic N) is 2. The minimum Gasteiger partial charge on any atom is -0.381 e. The minimum atomic E-state index is 0.979. The topological polar surface area (TPSA) is 15.7 Å². The molecule has 0 amide bonds. The standard InChI is InChI=1S/C26H56N2O/c1-5-27(6-2)23-19-15-11-9-13-17-21-25-29-26-22-18-14-10-12-16-20-24-28(7-3)8-4/h5-26H2,1-4H3. The lowest BCUT2D eigenvalue weighted by Crippen LogP contribution is -2.23. The molecule has 0 unspecified atom stereocenters. The molecule has 0 saturated carbocycles. The van der Waals surface area contributed by atoms with Crippen LogP contribution in [-0.4, -0.2) is 62.3 Å². The smallest absolute Gasteiger partial charge is 0.0466 e. The molecule has 0 aromatic heterocycles. The van der Waals surface area contributed by atoms with Crippen molar-refractivity contribution in [3.63, 3.8) is 0 Å². The molecule has 0 radical (unpaired) electrons. The normalized spacial score (nSPS) is 11.8. The first kappa shape index (κ1) is 28.9. The molecule has 0 aromatic rings. The lowest BCUT2D eigenvalue weighted by molar-refractivity contribution is 0.125. The van der Waals surface area contributed by atoms with Crippen molar-refractivity contribution in [2.75, 3.05) is 52.5 Å². The summed E-state index contributed by atoms with van der Waals surface area (Å²) in [6.07, 6.45) is 19.2. The van der Waals surface area contributed by atoms with E-state index in [1.807, 2.05) is 0 Å². The predicted molar refractivity (Wildman–Crippen MR) is 131 cm³/mol. The number of rotatable bonds is 24. The van der Waals surface area contributed by atoms with Crippen molar-refractivity contribution in [2.24, 2.45) is 0 Å². The maximum Gasteiger partial charge on any atom is 0.0466 e. The Morgan fingerprint density at radius 3 is 0.966 bits per heavy atom. The van der Waals surface area contributed by atoms with Crippen LogP contribution in [0.3, 0.4) is 0 Å². The van der Waals surface area contributed by atoms with E-state index >= 15 is 0 Å². The summed E-state index contributed by atoms with van der Waals surface area (Å²) in [5.74, 6) is 0. The fourth-order valence-corrected chi connectivity index (χ4v) is 4.03. The molecule has 0 spiro atoms. The Kier molecular flexibility index (Phi) is 24.1. The van der Waals surface area contributed by atoms with Crippen LogP contribution in [0.25, 0.3) is 0 Å². The molecule has 0 heterocycles. The van der Waals surface area contributed by atoms with E-state index < -0.39 is 0 Å². The Balaban J connectivity index is 3.10. The van der Waals surface area contributed by atoms with Gasteiger partial charge < -0.3 is 14.5 Å². The van der Waals surface area contributed by atoms with Gasteiger partial charge in [0.15, 0.2) is 0 Å². The summed E-state index contributed by atoms with van der Waals surface area (Å²) in [5.41, 5.74) is 0. The van der Waals surface area contributed by atoms with Crippen LogP contribution in [0.1, 0.15) is 118 Å². The van der Waals surface area contributed by atoms with Crippen molar-refractivity contribution in [3.8, 4) is 0 Å². The predicted octanol–water partition coefficient (Wildman–Crippen LogP) is 7.15. The van der Waals surface area contributed by atoms with Crippen LogP contribution >= 0.6 is 0 Å². The van der Waals surface area contributed by atoms with Crippen molar-refractivity contribution in [1.82, 2.24) is 9.80 Å². The van der Waals surface area contributed by atoms with Crippen LogP contribution in [0.5, 0.6) is 0 Å². The molecule has 0 aliphatic rings. The van der Waals surface area contributed by atoms with Gasteiger partial charge in [-0.15, -0.1) is 0 Å². The number of hydrogen-bond acceptors (Lipinski definition) is 3. The zero-order valence-electron chi connectivity index (χ0n) is 20.9. The Morgan fingerprint density at radius 1 is 0.379 bits per heavy atom. The monoisotopic (exact) mass is 412 g/mol. The van der Waals surface area contributed by atoms with Gasteiger partial charge in [-0.25, -0.2) is 0 Å². The zero-order valence-corrected chi connectivity index (χ0v) is 20.9. The summed E-state index contributed by atoms with van der Waals surface area (Å²) >= 11 is 0. The Morgan fingerprint density at radius 2 is 0.655 bits per heavy atom. The Bertz CT molecular complexity index is 262. The van der Waals surface area contributed by atoms with Crippen molar-refractivity contribution in [1.29, 1.82) is 0 Å². The van der Waals surface area contributed by atoms with E-state index in [0.717, 1.165) is 13.2 Å². The molecule has 0 atom stereocenters. The minimum absolute atomic E-state index is 0.979. The second-order valence-corrected chi connectivity index (χ2v) is 8.62. The quantitative estimate of drug-likeness (QED) is 0.157. The van der Waals surface area contributed by atoms with Crippen LogP contribution in [0.4, 0.5) is 0 Å². The van der Waals surface area contributed by atoms with Gasteiger partial charge in [-0.1, -0.05) is 91.9 Å². The van der Waals surface area contributed by atoms with Crippen LogP contribution in [0.15, 0.2) is 0 Å². The van der Waals surface area contributed by atoms with Crippen LogP contribution in [0, 0.1) is 0 Å². The molecule has 3 heteroatoms. The molecule has 0 fully saturated rings. The summed E-state index contributed by atoms with van der Waals surface area (Å²) in [6.45, 7) is 18.4. The van der Waals surface area contributed by atoms with Crippen molar-refractivity contribution in [2.45, 2.75) is 118 Å². The number of ether oxygens (including phenoxy) is 1. The van der Waals surface area contributed by atoms with Gasteiger partial charge in [0.1, 0.15) is 0 Å². The van der Waals surface area contributed by atoms with E-state index in [2.05, 4.69) is 37.5 Å². The van der Waals surface area contributed by atoms with E-state index in [9.17, 15) is 0 Å². The third-order valence-electron chi connectivity index (χ3n) is 6.31. The first-order valence-electron chi connectivity index (χ1n) is 13.3. The highest BCUT2D eigenvalue weighted by molar-refractivity contribution is 4.54. The molecule has 0 aliphatic heterocycles. The Hall–Kier alpha value is -0.120. The van der Waals surface area contributed by atoms with Gasteiger partial charge in [-0.3, -0.25) is 0 Å². The highest BCUT2D eigenvalue weighted by atomic mass is 16.5. The van der Waals surface area contributed by atoms with E-state index in [-0.39, 0.29) is 0 Å². The second kappa shape index (κ2) is 24.2. The van der Waals surface area contributed by atoms with Crippen LogP contribution in [0.2, 0.25) is 0 Å². The molecule has 0 N–H and O–H groups in total. The lowest BCUT2D eigenvalue weighted by Gasteiger charge is -2.17. The lowest BCUT2D eigenvalue weighted by atomic mass is 10.1. The Labute approximate surface area is 184 Å². The maximum absolute atomic E-state index is 5.81. The van der Waals surface area contributed by atoms with E-state index in [1.54, 1.807) is 0 Å². The molecule has 0 saturated heterocycles. The summed E-state index contributed by atoms with van der Waals surface area (Å²) < 4.78 is 5.81. The molecular weight excluding hydrogens is 356 g/mol. The average Bonchev–Trinajstić information content (AvgIpc) is 2.75. The highest BCUT2D eigenvalue weighted by Gasteiger charge is 1.99. The summed E-state index contributed by atoms with van der Waals surface area (Å²) in [7, 11) is 0. The summed E-state index contributed by atoms with van der Waals surface area (Å²) in [4.78, 5) is 5.07. The average molecular weight is 413 g/mol. The van der Waals surface area contributed by atoms with Gasteiger partial charge in [-0.2, -0.15) is 0 Å². The van der Waals surface area contributed by atoms with Crippen molar-refractivity contribution < 1.29 is 4.74 Å². The fourth-order valence-electron chi connectivity index (χ4n) is 4.03. The number of hydrogen-bond donors (Lipinski definition) is 0. The highest BCUT2D eigenvalue weighted by Crippen LogP contribution is 2.10. The summed E-state index contributed by atoms with van der Waals surface area (Å²) in [6, 6.07) is 0. The van der Waals surface area contributed by atoms with E-state index in [0.29, 0.717) is 0 Å². The third-order valence-corrected chi connectivity index (χ3v) is 6.31. The molecule has 29 heavy (non-hydrogen) atoms. The molecule has 0 bridgehead atoms. The van der Waals surface area contributed by atoms with Gasteiger partial charge in [0.2, 0.25) is 0 Å². The molecule has 0 aliphatic carbocycles. The molecule has 3 nitrogen and oxygen atoms in total. The molecule has 0 rings (SSSR count). The van der Waals surface area contributed by atoms with Gasteiger partial charge >= 0.3 is 0 Å². The SMILES string of the molecule is CCN(CC)CCCCCCCCCOCCCCCCCCCN(CC)CC. The first-order valence-corrected chi connectivity index (χ1v) is 13.3. The number of unbranched alkanes of at least 4 members (excludes halogenated alkanes) is 12. The van der Waals surface area contributed by atoms with Gasteiger partial charge in [0.05, 0.1) is 0 Å². The van der Waals surface area contributed by atoms with Crippen LogP contribution < -0.4 is 0 Å². The van der Waals surface area contributed by atoms with E-state index in [1.165, 1.54) is 129 Å². The first-order chi connectivity index (χ1) is 14.3. The second-order valence-electron chi connectivity index (χ2n) is 8.62. The molecular formula is C26H56N2O. The molecule has 0 aromatic carbocycles. The zero-order chi connectivity index (χ0) is 21.4. The van der Waals surface area contributed by atoms with Crippen LogP contribution in [-0.2, 0) is 4.74 Å². The maximum atomic E-state index is 5.81. The van der Waals surface area contributed by atoms with Gasteiger partial charge in [0, 0.05) is 13.2 Å². The van der Waals surface area contributed by atoms with E-state index in [4.69, 9.17) is 4.74 Å². The van der Waals surface area contributed by atoms with Crippen molar-refractivity contribution >= 4 is 0 Å². The van der Waals surface area contributed by atoms with Gasteiger partial charge in [0.25, 0.3) is 0 Å². The molecule has 176 valence electrons.